The Labute approximate surface area is 171 Å². The van der Waals surface area contributed by atoms with Crippen LogP contribution in [-0.2, 0) is 11.3 Å². The summed E-state index contributed by atoms with van der Waals surface area (Å²) < 4.78 is 21.4. The fourth-order valence-electron chi connectivity index (χ4n) is 3.59. The predicted molar refractivity (Wildman–Crippen MR) is 111 cm³/mol. The smallest absolute Gasteiger partial charge is 0.252 e. The lowest BCUT2D eigenvalue weighted by atomic mass is 10.0. The Morgan fingerprint density at radius 2 is 2.00 bits per heavy atom. The van der Waals surface area contributed by atoms with Crippen molar-refractivity contribution in [1.82, 2.24) is 9.55 Å². The Kier molecular flexibility index (Phi) is 5.02. The number of pyridine rings is 1. The number of nitrogens with zero attached hydrogens (tertiary/aromatic N) is 2. The average molecular weight is 402 g/mol. The van der Waals surface area contributed by atoms with Gasteiger partial charge in [-0.15, -0.1) is 0 Å². The molecule has 7 heteroatoms. The molecule has 2 heterocycles. The van der Waals surface area contributed by atoms with Crippen molar-refractivity contribution in [3.05, 3.63) is 83.4 Å². The van der Waals surface area contributed by atoms with Gasteiger partial charge in [0.25, 0.3) is 6.29 Å². The first-order valence-electron chi connectivity index (χ1n) is 9.12. The molecule has 0 fully saturated rings. The molecule has 0 aliphatic rings. The zero-order valence-electron chi connectivity index (χ0n) is 16.1. The number of carbonyl (C=O) groups is 1. The number of ether oxygens (including phenoxy) is 1. The fourth-order valence-corrected chi connectivity index (χ4v) is 3.59. The lowest BCUT2D eigenvalue weighted by Crippen LogP contribution is -2.10. The van der Waals surface area contributed by atoms with Gasteiger partial charge in [0.2, 0.25) is 11.8 Å². The molecule has 0 bridgehead atoms. The number of amides is 1. The summed E-state index contributed by atoms with van der Waals surface area (Å²) in [6.07, 6.45) is 3.55. The summed E-state index contributed by atoms with van der Waals surface area (Å²) in [6, 6.07) is 14.7. The van der Waals surface area contributed by atoms with Gasteiger partial charge in [0.1, 0.15) is 11.5 Å². The quantitative estimate of drug-likeness (QED) is 0.535. The topological polar surface area (TPSA) is 87.2 Å². The Hall–Kier alpha value is -4.00. The summed E-state index contributed by atoms with van der Waals surface area (Å²) in [5.74, 6) is -0.673. The molecule has 0 aliphatic carbocycles. The second-order valence-corrected chi connectivity index (χ2v) is 6.66. The van der Waals surface area contributed by atoms with Gasteiger partial charge in [0.15, 0.2) is 0 Å². The summed E-state index contributed by atoms with van der Waals surface area (Å²) in [5.41, 5.74) is 8.02. The van der Waals surface area contributed by atoms with Crippen molar-refractivity contribution in [3.63, 3.8) is 0 Å². The van der Waals surface area contributed by atoms with Gasteiger partial charge in [-0.1, -0.05) is 18.2 Å². The number of nitrogens with two attached hydrogens (primary N) is 1. The molecule has 6 nitrogen and oxygen atoms in total. The molecule has 0 aliphatic heterocycles. The van der Waals surface area contributed by atoms with Crippen LogP contribution in [0.3, 0.4) is 0 Å². The third kappa shape index (κ3) is 3.20. The molecule has 4 rings (SSSR count). The second kappa shape index (κ2) is 7.79. The van der Waals surface area contributed by atoms with Gasteiger partial charge in [-0.2, -0.15) is 0 Å². The van der Waals surface area contributed by atoms with Crippen molar-refractivity contribution in [1.29, 1.82) is 0 Å². The molecular formula is C23H17FN3O3. The van der Waals surface area contributed by atoms with Crippen molar-refractivity contribution in [2.45, 2.75) is 6.54 Å². The van der Waals surface area contributed by atoms with Gasteiger partial charge in [0.05, 0.1) is 13.7 Å². The standard InChI is InChI=1S/C23H17FN3O3/c1-30-23-16(6-4-10-26-23)21-17-11-14(22(25)29)8-9-19(17)27(20(21)13-28)12-15-5-2-3-7-18(15)24/h2-11H,12H2,1H3,(H2,25,29). The SMILES string of the molecule is COc1ncccc1-c1c([C]=O)n(Cc2ccccc2F)c2ccc(C(N)=O)cc12. The molecule has 1 amide bonds. The van der Waals surface area contributed by atoms with Gasteiger partial charge in [0, 0.05) is 39.4 Å². The summed E-state index contributed by atoms with van der Waals surface area (Å²) in [6.45, 7) is 0.103. The van der Waals surface area contributed by atoms with Crippen LogP contribution >= 0.6 is 0 Å². The molecule has 0 spiro atoms. The van der Waals surface area contributed by atoms with Crippen LogP contribution in [0.5, 0.6) is 5.88 Å². The number of halogens is 1. The van der Waals surface area contributed by atoms with Gasteiger partial charge in [-0.05, 0) is 36.4 Å². The number of rotatable bonds is 6. The van der Waals surface area contributed by atoms with Crippen molar-refractivity contribution >= 4 is 23.1 Å². The summed E-state index contributed by atoms with van der Waals surface area (Å²) in [5, 5.41) is 0.590. The molecule has 0 atom stereocenters. The number of hydrogen-bond acceptors (Lipinski definition) is 4. The lowest BCUT2D eigenvalue weighted by Gasteiger charge is -2.10. The van der Waals surface area contributed by atoms with E-state index in [9.17, 15) is 14.0 Å². The van der Waals surface area contributed by atoms with E-state index in [2.05, 4.69) is 4.98 Å². The summed E-state index contributed by atoms with van der Waals surface area (Å²) >= 11 is 0. The van der Waals surface area contributed by atoms with Gasteiger partial charge < -0.3 is 15.0 Å². The predicted octanol–water partition coefficient (Wildman–Crippen LogP) is 3.46. The first-order chi connectivity index (χ1) is 14.5. The van der Waals surface area contributed by atoms with Crippen molar-refractivity contribution < 1.29 is 18.7 Å². The zero-order valence-corrected chi connectivity index (χ0v) is 16.1. The van der Waals surface area contributed by atoms with Crippen molar-refractivity contribution in [3.8, 4) is 17.0 Å². The normalized spacial score (nSPS) is 10.9. The molecule has 4 aromatic rings. The van der Waals surface area contributed by atoms with E-state index in [1.165, 1.54) is 13.2 Å². The Morgan fingerprint density at radius 1 is 1.20 bits per heavy atom. The van der Waals surface area contributed by atoms with E-state index in [-0.39, 0.29) is 23.6 Å². The summed E-state index contributed by atoms with van der Waals surface area (Å²) in [7, 11) is 1.48. The summed E-state index contributed by atoms with van der Waals surface area (Å²) in [4.78, 5) is 28.1. The van der Waals surface area contributed by atoms with Crippen LogP contribution in [-0.4, -0.2) is 28.9 Å². The van der Waals surface area contributed by atoms with Crippen LogP contribution < -0.4 is 10.5 Å². The average Bonchev–Trinajstić information content (AvgIpc) is 3.07. The van der Waals surface area contributed by atoms with Crippen molar-refractivity contribution in [2.75, 3.05) is 7.11 Å². The Morgan fingerprint density at radius 3 is 2.70 bits per heavy atom. The number of methoxy groups -OCH3 is 1. The molecule has 2 aromatic heterocycles. The third-order valence-electron chi connectivity index (χ3n) is 4.96. The molecule has 1 radical (unpaired) electrons. The van der Waals surface area contributed by atoms with Gasteiger partial charge in [-0.25, -0.2) is 9.37 Å². The lowest BCUT2D eigenvalue weighted by molar-refractivity contribution is 0.100. The molecular weight excluding hydrogens is 385 g/mol. The highest BCUT2D eigenvalue weighted by Crippen LogP contribution is 2.39. The van der Waals surface area contributed by atoms with Crippen LogP contribution in [0.25, 0.3) is 22.0 Å². The van der Waals surface area contributed by atoms with E-state index in [4.69, 9.17) is 10.5 Å². The van der Waals surface area contributed by atoms with Crippen LogP contribution in [0.15, 0.2) is 60.8 Å². The Bertz CT molecular complexity index is 1280. The fraction of sp³-hybridized carbons (Fsp3) is 0.0870. The van der Waals surface area contributed by atoms with E-state index in [0.717, 1.165) is 0 Å². The van der Waals surface area contributed by atoms with Gasteiger partial charge >= 0.3 is 0 Å². The minimum Gasteiger partial charge on any atom is -0.481 e. The molecule has 30 heavy (non-hydrogen) atoms. The van der Waals surface area contributed by atoms with E-state index >= 15 is 0 Å². The number of fused-ring (bicyclic) bond motifs is 1. The first kappa shape index (κ1) is 19.3. The second-order valence-electron chi connectivity index (χ2n) is 6.66. The van der Waals surface area contributed by atoms with E-state index in [0.29, 0.717) is 33.5 Å². The van der Waals surface area contributed by atoms with Crippen molar-refractivity contribution in [2.24, 2.45) is 5.73 Å². The number of benzene rings is 2. The van der Waals surface area contributed by atoms with Gasteiger partial charge in [-0.3, -0.25) is 9.59 Å². The molecule has 149 valence electrons. The Balaban J connectivity index is 2.06. The number of primary amides is 1. The molecule has 0 saturated carbocycles. The highest BCUT2D eigenvalue weighted by atomic mass is 19.1. The van der Waals surface area contributed by atoms with Crippen LogP contribution in [0.2, 0.25) is 0 Å². The minimum atomic E-state index is -0.598. The number of aromatic nitrogens is 2. The third-order valence-corrected chi connectivity index (χ3v) is 4.96. The van der Waals surface area contributed by atoms with E-state index < -0.39 is 5.91 Å². The monoisotopic (exact) mass is 402 g/mol. The number of carbonyl (C=O) groups excluding carboxylic acids is 2. The molecule has 0 saturated heterocycles. The van der Waals surface area contributed by atoms with E-state index in [1.54, 1.807) is 59.3 Å². The maximum atomic E-state index is 14.3. The molecule has 2 aromatic carbocycles. The number of hydrogen-bond donors (Lipinski definition) is 1. The first-order valence-corrected chi connectivity index (χ1v) is 9.12. The van der Waals surface area contributed by atoms with Crippen LogP contribution in [0, 0.1) is 5.82 Å². The highest BCUT2D eigenvalue weighted by molar-refractivity contribution is 6.08. The maximum Gasteiger partial charge on any atom is 0.252 e. The van der Waals surface area contributed by atoms with Crippen LogP contribution in [0.4, 0.5) is 4.39 Å². The largest absolute Gasteiger partial charge is 0.481 e. The maximum absolute atomic E-state index is 14.3. The minimum absolute atomic E-state index is 0.103. The van der Waals surface area contributed by atoms with E-state index in [1.807, 2.05) is 6.29 Å². The highest BCUT2D eigenvalue weighted by Gasteiger charge is 2.23. The zero-order chi connectivity index (χ0) is 21.3. The molecule has 0 unspecified atom stereocenters. The molecule has 2 N–H and O–H groups in total. The van der Waals surface area contributed by atoms with Crippen LogP contribution in [0.1, 0.15) is 21.6 Å².